The molecule has 0 aromatic rings. The summed E-state index contributed by atoms with van der Waals surface area (Å²) in [5.74, 6) is 1.01. The second-order valence-corrected chi connectivity index (χ2v) is 5.57. The summed E-state index contributed by atoms with van der Waals surface area (Å²) in [6.45, 7) is 10.5. The number of hydrogen-bond donors (Lipinski definition) is 1. The molecule has 0 spiro atoms. The molecule has 1 aliphatic carbocycles. The third kappa shape index (κ3) is 3.61. The molecule has 0 radical (unpaired) electrons. The van der Waals surface area contributed by atoms with Crippen LogP contribution >= 0.6 is 0 Å². The molecular formula is C13H27N. The van der Waals surface area contributed by atoms with Crippen LogP contribution in [-0.4, -0.2) is 12.6 Å². The van der Waals surface area contributed by atoms with Crippen LogP contribution in [-0.2, 0) is 0 Å². The Labute approximate surface area is 89.7 Å². The molecule has 1 N–H and O–H groups in total. The average molecular weight is 197 g/mol. The van der Waals surface area contributed by atoms with E-state index in [0.717, 1.165) is 5.92 Å². The number of hydrogen-bond acceptors (Lipinski definition) is 1. The molecule has 0 bridgehead atoms. The smallest absolute Gasteiger partial charge is 0.00106 e. The van der Waals surface area contributed by atoms with Gasteiger partial charge < -0.3 is 5.32 Å². The SMILES string of the molecule is CCCCC(C)(CNC(C)C)C1CC1. The summed E-state index contributed by atoms with van der Waals surface area (Å²) in [5.41, 5.74) is 0.584. The van der Waals surface area contributed by atoms with Crippen LogP contribution in [0.15, 0.2) is 0 Å². The molecule has 0 saturated heterocycles. The van der Waals surface area contributed by atoms with Gasteiger partial charge in [0.25, 0.3) is 0 Å². The van der Waals surface area contributed by atoms with Crippen molar-refractivity contribution >= 4 is 0 Å². The summed E-state index contributed by atoms with van der Waals surface area (Å²) in [6, 6.07) is 0.634. The Morgan fingerprint density at radius 1 is 1.36 bits per heavy atom. The molecule has 0 aliphatic heterocycles. The Balaban J connectivity index is 2.35. The van der Waals surface area contributed by atoms with Crippen molar-refractivity contribution in [1.29, 1.82) is 0 Å². The summed E-state index contributed by atoms with van der Waals surface area (Å²) in [7, 11) is 0. The van der Waals surface area contributed by atoms with Gasteiger partial charge in [-0.3, -0.25) is 0 Å². The Morgan fingerprint density at radius 3 is 2.43 bits per heavy atom. The summed E-state index contributed by atoms with van der Waals surface area (Å²) < 4.78 is 0. The molecule has 84 valence electrons. The van der Waals surface area contributed by atoms with Crippen LogP contribution in [0.1, 0.15) is 59.8 Å². The van der Waals surface area contributed by atoms with Crippen molar-refractivity contribution in [2.45, 2.75) is 65.8 Å². The van der Waals surface area contributed by atoms with Crippen molar-refractivity contribution in [1.82, 2.24) is 5.32 Å². The third-order valence-corrected chi connectivity index (χ3v) is 3.58. The van der Waals surface area contributed by atoms with E-state index in [1.165, 1.54) is 38.6 Å². The lowest BCUT2D eigenvalue weighted by Gasteiger charge is -2.31. The van der Waals surface area contributed by atoms with Gasteiger partial charge in [0.05, 0.1) is 0 Å². The Hall–Kier alpha value is -0.0400. The molecule has 14 heavy (non-hydrogen) atoms. The zero-order chi connectivity index (χ0) is 10.6. The maximum absolute atomic E-state index is 3.62. The van der Waals surface area contributed by atoms with Crippen molar-refractivity contribution < 1.29 is 0 Å². The Kier molecular flexibility index (Phi) is 4.43. The van der Waals surface area contributed by atoms with E-state index in [9.17, 15) is 0 Å². The molecule has 0 amide bonds. The average Bonchev–Trinajstić information content (AvgIpc) is 2.94. The molecule has 1 aliphatic rings. The minimum Gasteiger partial charge on any atom is -0.314 e. The molecule has 1 unspecified atom stereocenters. The molecule has 0 aromatic carbocycles. The molecule has 1 saturated carbocycles. The van der Waals surface area contributed by atoms with Gasteiger partial charge in [-0.05, 0) is 30.6 Å². The summed E-state index contributed by atoms with van der Waals surface area (Å²) in [4.78, 5) is 0. The fourth-order valence-corrected chi connectivity index (χ4v) is 2.24. The van der Waals surface area contributed by atoms with Crippen LogP contribution in [0.2, 0.25) is 0 Å². The Morgan fingerprint density at radius 2 is 2.00 bits per heavy atom. The summed E-state index contributed by atoms with van der Waals surface area (Å²) in [6.07, 6.45) is 7.09. The topological polar surface area (TPSA) is 12.0 Å². The molecule has 1 heteroatoms. The fraction of sp³-hybridized carbons (Fsp3) is 1.00. The van der Waals surface area contributed by atoms with E-state index in [-0.39, 0.29) is 0 Å². The number of unbranched alkanes of at least 4 members (excludes halogenated alkanes) is 1. The van der Waals surface area contributed by atoms with Crippen molar-refractivity contribution in [3.05, 3.63) is 0 Å². The molecule has 1 atom stereocenters. The summed E-state index contributed by atoms with van der Waals surface area (Å²) in [5, 5.41) is 3.62. The molecule has 1 rings (SSSR count). The van der Waals surface area contributed by atoms with E-state index < -0.39 is 0 Å². The predicted molar refractivity (Wildman–Crippen MR) is 63.5 cm³/mol. The van der Waals surface area contributed by atoms with Crippen LogP contribution in [0.4, 0.5) is 0 Å². The fourth-order valence-electron chi connectivity index (χ4n) is 2.24. The van der Waals surface area contributed by atoms with Gasteiger partial charge in [0, 0.05) is 12.6 Å². The highest BCUT2D eigenvalue weighted by molar-refractivity contribution is 4.92. The van der Waals surface area contributed by atoms with E-state index in [0.29, 0.717) is 11.5 Å². The zero-order valence-electron chi connectivity index (χ0n) is 10.4. The molecule has 0 heterocycles. The first-order valence-corrected chi connectivity index (χ1v) is 6.32. The van der Waals surface area contributed by atoms with Crippen LogP contribution in [0.5, 0.6) is 0 Å². The normalized spacial score (nSPS) is 21.2. The van der Waals surface area contributed by atoms with Gasteiger partial charge in [0.15, 0.2) is 0 Å². The molecule has 1 fully saturated rings. The predicted octanol–water partition coefficient (Wildman–Crippen LogP) is 3.59. The van der Waals surface area contributed by atoms with Crippen molar-refractivity contribution in [2.24, 2.45) is 11.3 Å². The van der Waals surface area contributed by atoms with Crippen LogP contribution in [0.3, 0.4) is 0 Å². The van der Waals surface area contributed by atoms with Gasteiger partial charge in [-0.2, -0.15) is 0 Å². The highest BCUT2D eigenvalue weighted by atomic mass is 14.9. The molecule has 1 nitrogen and oxygen atoms in total. The van der Waals surface area contributed by atoms with Crippen LogP contribution in [0.25, 0.3) is 0 Å². The van der Waals surface area contributed by atoms with Gasteiger partial charge in [0.2, 0.25) is 0 Å². The largest absolute Gasteiger partial charge is 0.314 e. The van der Waals surface area contributed by atoms with Crippen LogP contribution in [0, 0.1) is 11.3 Å². The monoisotopic (exact) mass is 197 g/mol. The number of rotatable bonds is 7. The van der Waals surface area contributed by atoms with E-state index in [1.807, 2.05) is 0 Å². The maximum atomic E-state index is 3.62. The van der Waals surface area contributed by atoms with Gasteiger partial charge in [-0.1, -0.05) is 40.5 Å². The van der Waals surface area contributed by atoms with Gasteiger partial charge >= 0.3 is 0 Å². The van der Waals surface area contributed by atoms with Crippen molar-refractivity contribution in [3.63, 3.8) is 0 Å². The van der Waals surface area contributed by atoms with E-state index in [1.54, 1.807) is 0 Å². The Bertz CT molecular complexity index is 161. The summed E-state index contributed by atoms with van der Waals surface area (Å²) >= 11 is 0. The highest BCUT2D eigenvalue weighted by Crippen LogP contribution is 2.48. The first kappa shape index (κ1) is 12.0. The van der Waals surface area contributed by atoms with Gasteiger partial charge in [-0.25, -0.2) is 0 Å². The third-order valence-electron chi connectivity index (χ3n) is 3.58. The van der Waals surface area contributed by atoms with E-state index in [4.69, 9.17) is 0 Å². The second-order valence-electron chi connectivity index (χ2n) is 5.57. The standard InChI is InChI=1S/C13H27N/c1-5-6-9-13(4,12-7-8-12)10-14-11(2)3/h11-12,14H,5-10H2,1-4H3. The quantitative estimate of drug-likeness (QED) is 0.657. The van der Waals surface area contributed by atoms with Crippen molar-refractivity contribution in [3.8, 4) is 0 Å². The number of nitrogens with one attached hydrogen (secondary N) is 1. The lowest BCUT2D eigenvalue weighted by molar-refractivity contribution is 0.224. The van der Waals surface area contributed by atoms with Gasteiger partial charge in [0.1, 0.15) is 0 Å². The minimum absolute atomic E-state index is 0.584. The lowest BCUT2D eigenvalue weighted by atomic mass is 9.80. The van der Waals surface area contributed by atoms with Crippen molar-refractivity contribution in [2.75, 3.05) is 6.54 Å². The highest BCUT2D eigenvalue weighted by Gasteiger charge is 2.40. The maximum Gasteiger partial charge on any atom is 0.00106 e. The van der Waals surface area contributed by atoms with E-state index >= 15 is 0 Å². The molecule has 0 aromatic heterocycles. The van der Waals surface area contributed by atoms with E-state index in [2.05, 4.69) is 33.0 Å². The van der Waals surface area contributed by atoms with Gasteiger partial charge in [-0.15, -0.1) is 0 Å². The molecular weight excluding hydrogens is 170 g/mol. The first-order valence-electron chi connectivity index (χ1n) is 6.32. The second kappa shape index (κ2) is 5.16. The van der Waals surface area contributed by atoms with Crippen LogP contribution < -0.4 is 5.32 Å². The minimum atomic E-state index is 0.584. The zero-order valence-corrected chi connectivity index (χ0v) is 10.4. The lowest BCUT2D eigenvalue weighted by Crippen LogP contribution is -2.37. The first-order chi connectivity index (χ1) is 6.58.